The molecule has 19 heavy (non-hydrogen) atoms. The number of aryl methyl sites for hydroxylation is 1. The predicted octanol–water partition coefficient (Wildman–Crippen LogP) is 1.46. The number of aromatic nitrogens is 2. The summed E-state index contributed by atoms with van der Waals surface area (Å²) in [5.74, 6) is -0.0531. The number of carbonyl (C=O) groups excluding carboxylic acids is 1. The van der Waals surface area contributed by atoms with Gasteiger partial charge in [-0.25, -0.2) is 0 Å². The Hall–Kier alpha value is -1.36. The van der Waals surface area contributed by atoms with Gasteiger partial charge in [0.1, 0.15) is 5.69 Å². The molecule has 3 rings (SSSR count). The lowest BCUT2D eigenvalue weighted by atomic mass is 10.2. The molecule has 2 heterocycles. The Morgan fingerprint density at radius 2 is 2.21 bits per heavy atom. The zero-order valence-corrected chi connectivity index (χ0v) is 11.5. The van der Waals surface area contributed by atoms with Gasteiger partial charge in [-0.3, -0.25) is 14.8 Å². The van der Waals surface area contributed by atoms with Crippen LogP contribution in [-0.4, -0.2) is 46.2 Å². The SMILES string of the molecule is Cc1cc(C(=O)NC2CCN(C3CCCC3)C2)n[nH]1. The third kappa shape index (κ3) is 2.81. The second-order valence-electron chi connectivity index (χ2n) is 5.83. The maximum Gasteiger partial charge on any atom is 0.272 e. The van der Waals surface area contributed by atoms with Crippen LogP contribution in [0.15, 0.2) is 6.07 Å². The van der Waals surface area contributed by atoms with Gasteiger partial charge in [0.05, 0.1) is 0 Å². The Morgan fingerprint density at radius 1 is 1.42 bits per heavy atom. The first-order valence-electron chi connectivity index (χ1n) is 7.29. The highest BCUT2D eigenvalue weighted by Gasteiger charge is 2.30. The molecule has 1 atom stereocenters. The normalized spacial score (nSPS) is 25.0. The third-order valence-corrected chi connectivity index (χ3v) is 4.33. The Morgan fingerprint density at radius 3 is 2.89 bits per heavy atom. The van der Waals surface area contributed by atoms with E-state index >= 15 is 0 Å². The molecule has 104 valence electrons. The highest BCUT2D eigenvalue weighted by atomic mass is 16.2. The minimum absolute atomic E-state index is 0.0531. The predicted molar refractivity (Wildman–Crippen MR) is 73.0 cm³/mol. The molecule has 1 aliphatic carbocycles. The fourth-order valence-corrected chi connectivity index (χ4v) is 3.30. The van der Waals surface area contributed by atoms with Gasteiger partial charge >= 0.3 is 0 Å². The van der Waals surface area contributed by atoms with Gasteiger partial charge in [0.25, 0.3) is 5.91 Å². The highest BCUT2D eigenvalue weighted by Crippen LogP contribution is 2.26. The second kappa shape index (κ2) is 5.33. The number of likely N-dealkylation sites (tertiary alicyclic amines) is 1. The Bertz CT molecular complexity index is 450. The molecule has 2 N–H and O–H groups in total. The van der Waals surface area contributed by atoms with Gasteiger partial charge in [0.2, 0.25) is 0 Å². The Labute approximate surface area is 113 Å². The van der Waals surface area contributed by atoms with Crippen molar-refractivity contribution in [2.75, 3.05) is 13.1 Å². The first-order valence-corrected chi connectivity index (χ1v) is 7.29. The standard InChI is InChI=1S/C14H22N4O/c1-10-8-13(17-16-10)14(19)15-11-6-7-18(9-11)12-4-2-3-5-12/h8,11-12H,2-7,9H2,1H3,(H,15,19)(H,16,17). The number of nitrogens with one attached hydrogen (secondary N) is 2. The molecule has 1 aliphatic heterocycles. The van der Waals surface area contributed by atoms with Gasteiger partial charge in [-0.05, 0) is 32.3 Å². The van der Waals surface area contributed by atoms with Crippen LogP contribution in [0.2, 0.25) is 0 Å². The molecular weight excluding hydrogens is 240 g/mol. The van der Waals surface area contributed by atoms with Gasteiger partial charge in [0.15, 0.2) is 0 Å². The van der Waals surface area contributed by atoms with Crippen molar-refractivity contribution in [2.45, 2.75) is 51.1 Å². The van der Waals surface area contributed by atoms with E-state index in [4.69, 9.17) is 0 Å². The molecule has 1 saturated heterocycles. The van der Waals surface area contributed by atoms with Gasteiger partial charge in [0, 0.05) is 30.9 Å². The summed E-state index contributed by atoms with van der Waals surface area (Å²) in [5, 5.41) is 9.91. The first kappa shape index (κ1) is 12.7. The smallest absolute Gasteiger partial charge is 0.272 e. The van der Waals surface area contributed by atoms with E-state index in [-0.39, 0.29) is 11.9 Å². The van der Waals surface area contributed by atoms with Crippen molar-refractivity contribution in [1.82, 2.24) is 20.4 Å². The molecule has 0 bridgehead atoms. The summed E-state index contributed by atoms with van der Waals surface area (Å²) in [6.07, 6.45) is 6.46. The Balaban J connectivity index is 1.52. The molecule has 0 radical (unpaired) electrons. The zero-order valence-electron chi connectivity index (χ0n) is 11.5. The van der Waals surface area contributed by atoms with Crippen molar-refractivity contribution in [2.24, 2.45) is 0 Å². The summed E-state index contributed by atoms with van der Waals surface area (Å²) in [6, 6.07) is 2.83. The van der Waals surface area contributed by atoms with E-state index < -0.39 is 0 Å². The van der Waals surface area contributed by atoms with Gasteiger partial charge in [-0.2, -0.15) is 5.10 Å². The fourth-order valence-electron chi connectivity index (χ4n) is 3.30. The van der Waals surface area contributed by atoms with E-state index in [1.165, 1.54) is 25.7 Å². The monoisotopic (exact) mass is 262 g/mol. The maximum absolute atomic E-state index is 12.0. The first-order chi connectivity index (χ1) is 9.22. The average molecular weight is 262 g/mol. The molecule has 1 aromatic heterocycles. The average Bonchev–Trinajstić information content (AvgIpc) is 3.07. The topological polar surface area (TPSA) is 61.0 Å². The molecule has 1 amide bonds. The van der Waals surface area contributed by atoms with Crippen LogP contribution in [0.5, 0.6) is 0 Å². The lowest BCUT2D eigenvalue weighted by molar-refractivity contribution is 0.0931. The van der Waals surface area contributed by atoms with Crippen molar-refractivity contribution in [3.8, 4) is 0 Å². The van der Waals surface area contributed by atoms with Crippen LogP contribution in [0.25, 0.3) is 0 Å². The van der Waals surface area contributed by atoms with Crippen LogP contribution in [0.4, 0.5) is 0 Å². The molecule has 2 fully saturated rings. The molecule has 0 spiro atoms. The zero-order chi connectivity index (χ0) is 13.2. The van der Waals surface area contributed by atoms with Crippen molar-refractivity contribution in [3.63, 3.8) is 0 Å². The van der Waals surface area contributed by atoms with E-state index in [1.54, 1.807) is 6.07 Å². The largest absolute Gasteiger partial charge is 0.347 e. The minimum atomic E-state index is -0.0531. The van der Waals surface area contributed by atoms with Crippen LogP contribution in [0.3, 0.4) is 0 Å². The maximum atomic E-state index is 12.0. The number of hydrogen-bond donors (Lipinski definition) is 2. The number of hydrogen-bond acceptors (Lipinski definition) is 3. The van der Waals surface area contributed by atoms with Crippen molar-refractivity contribution in [1.29, 1.82) is 0 Å². The van der Waals surface area contributed by atoms with Gasteiger partial charge < -0.3 is 5.32 Å². The molecule has 1 saturated carbocycles. The summed E-state index contributed by atoms with van der Waals surface area (Å²) in [5.41, 5.74) is 1.42. The molecule has 2 aliphatic rings. The molecule has 0 aromatic carbocycles. The van der Waals surface area contributed by atoms with E-state index in [0.717, 1.165) is 31.2 Å². The summed E-state index contributed by atoms with van der Waals surface area (Å²) >= 11 is 0. The quantitative estimate of drug-likeness (QED) is 0.867. The number of carbonyl (C=O) groups is 1. The fraction of sp³-hybridized carbons (Fsp3) is 0.714. The molecule has 1 aromatic rings. The second-order valence-corrected chi connectivity index (χ2v) is 5.83. The van der Waals surface area contributed by atoms with Crippen LogP contribution in [0, 0.1) is 6.92 Å². The highest BCUT2D eigenvalue weighted by molar-refractivity contribution is 5.92. The lowest BCUT2D eigenvalue weighted by Gasteiger charge is -2.23. The van der Waals surface area contributed by atoms with E-state index in [1.807, 2.05) is 6.92 Å². The van der Waals surface area contributed by atoms with E-state index in [0.29, 0.717) is 5.69 Å². The van der Waals surface area contributed by atoms with Crippen LogP contribution in [-0.2, 0) is 0 Å². The van der Waals surface area contributed by atoms with Crippen molar-refractivity contribution < 1.29 is 4.79 Å². The number of amides is 1. The molecule has 1 unspecified atom stereocenters. The van der Waals surface area contributed by atoms with E-state index in [2.05, 4.69) is 20.4 Å². The van der Waals surface area contributed by atoms with Crippen LogP contribution < -0.4 is 5.32 Å². The van der Waals surface area contributed by atoms with Crippen molar-refractivity contribution >= 4 is 5.91 Å². The Kier molecular flexibility index (Phi) is 3.55. The number of aromatic amines is 1. The van der Waals surface area contributed by atoms with Gasteiger partial charge in [-0.1, -0.05) is 12.8 Å². The summed E-state index contributed by atoms with van der Waals surface area (Å²) < 4.78 is 0. The van der Waals surface area contributed by atoms with Gasteiger partial charge in [-0.15, -0.1) is 0 Å². The van der Waals surface area contributed by atoms with Crippen LogP contribution in [0.1, 0.15) is 48.3 Å². The number of rotatable bonds is 3. The number of nitrogens with zero attached hydrogens (tertiary/aromatic N) is 2. The minimum Gasteiger partial charge on any atom is -0.347 e. The summed E-state index contributed by atoms with van der Waals surface area (Å²) in [6.45, 7) is 4.02. The number of H-pyrrole nitrogens is 1. The molecule has 5 nitrogen and oxygen atoms in total. The van der Waals surface area contributed by atoms with Crippen molar-refractivity contribution in [3.05, 3.63) is 17.5 Å². The van der Waals surface area contributed by atoms with E-state index in [9.17, 15) is 4.79 Å². The third-order valence-electron chi connectivity index (χ3n) is 4.33. The lowest BCUT2D eigenvalue weighted by Crippen LogP contribution is -2.39. The van der Waals surface area contributed by atoms with Crippen LogP contribution >= 0.6 is 0 Å². The molecule has 5 heteroatoms. The summed E-state index contributed by atoms with van der Waals surface area (Å²) in [4.78, 5) is 14.6. The molecular formula is C14H22N4O. The summed E-state index contributed by atoms with van der Waals surface area (Å²) in [7, 11) is 0.